The van der Waals surface area contributed by atoms with Crippen LogP contribution in [0.5, 0.6) is 0 Å². The molecule has 9 heteroatoms. The number of nitrogens with one attached hydrogen (secondary N) is 2. The third-order valence-electron chi connectivity index (χ3n) is 2.79. The number of aromatic amines is 1. The largest absolute Gasteiger partial charge is 0.324 e. The fraction of sp³-hybridized carbons (Fsp3) is 0.267. The summed E-state index contributed by atoms with van der Waals surface area (Å²) in [5.41, 5.74) is 0.924. The third-order valence-corrected chi connectivity index (χ3v) is 5.39. The van der Waals surface area contributed by atoms with E-state index in [1.807, 2.05) is 6.92 Å². The standard InChI is InChI=1S/C15H15Cl2N3O2S2/c1-2-23-7-9-6-12(21)20-15(18-9)24-8-13(22)19-11-5-3-4-10(16)14(11)17/h3-6H,2,7-8H2,1H3,(H,19,22)(H,18,20,21). The summed E-state index contributed by atoms with van der Waals surface area (Å²) in [6, 6.07) is 6.48. The predicted molar refractivity (Wildman–Crippen MR) is 103 cm³/mol. The third kappa shape index (κ3) is 5.73. The molecule has 0 aliphatic heterocycles. The van der Waals surface area contributed by atoms with Crippen LogP contribution >= 0.6 is 46.7 Å². The lowest BCUT2D eigenvalue weighted by atomic mass is 10.3. The van der Waals surface area contributed by atoms with Crippen LogP contribution in [0.15, 0.2) is 34.2 Å². The molecule has 1 aromatic heterocycles. The molecule has 2 rings (SSSR count). The number of carbonyl (C=O) groups excluding carboxylic acids is 1. The summed E-state index contributed by atoms with van der Waals surface area (Å²) >= 11 is 14.8. The van der Waals surface area contributed by atoms with Gasteiger partial charge in [0.15, 0.2) is 5.16 Å². The van der Waals surface area contributed by atoms with E-state index in [0.29, 0.717) is 32.3 Å². The van der Waals surface area contributed by atoms with Gasteiger partial charge in [-0.05, 0) is 17.9 Å². The number of benzene rings is 1. The van der Waals surface area contributed by atoms with Crippen LogP contribution in [-0.4, -0.2) is 27.4 Å². The average molecular weight is 404 g/mol. The van der Waals surface area contributed by atoms with Gasteiger partial charge in [-0.1, -0.05) is 48.0 Å². The minimum Gasteiger partial charge on any atom is -0.324 e. The Balaban J connectivity index is 1.97. The van der Waals surface area contributed by atoms with Crippen LogP contribution in [-0.2, 0) is 10.5 Å². The molecule has 0 fully saturated rings. The van der Waals surface area contributed by atoms with Crippen LogP contribution in [0.3, 0.4) is 0 Å². The quantitative estimate of drug-likeness (QED) is 0.538. The molecule has 24 heavy (non-hydrogen) atoms. The molecular weight excluding hydrogens is 389 g/mol. The number of aromatic nitrogens is 2. The fourth-order valence-electron chi connectivity index (χ4n) is 1.75. The molecule has 0 spiro atoms. The van der Waals surface area contributed by atoms with Gasteiger partial charge in [-0.15, -0.1) is 0 Å². The molecule has 0 bridgehead atoms. The lowest BCUT2D eigenvalue weighted by molar-refractivity contribution is -0.113. The van der Waals surface area contributed by atoms with Crippen LogP contribution < -0.4 is 10.9 Å². The zero-order valence-corrected chi connectivity index (χ0v) is 15.9. The molecule has 2 N–H and O–H groups in total. The van der Waals surface area contributed by atoms with Crippen molar-refractivity contribution in [3.05, 3.63) is 50.4 Å². The van der Waals surface area contributed by atoms with Crippen molar-refractivity contribution in [2.75, 3.05) is 16.8 Å². The maximum Gasteiger partial charge on any atom is 0.251 e. The van der Waals surface area contributed by atoms with Crippen LogP contribution in [0.25, 0.3) is 0 Å². The maximum absolute atomic E-state index is 12.0. The lowest BCUT2D eigenvalue weighted by Crippen LogP contribution is -2.16. The minimum absolute atomic E-state index is 0.0934. The maximum atomic E-state index is 12.0. The molecule has 5 nitrogen and oxygen atoms in total. The second-order valence-electron chi connectivity index (χ2n) is 4.62. The Morgan fingerprint density at radius 2 is 2.17 bits per heavy atom. The number of nitrogens with zero attached hydrogens (tertiary/aromatic N) is 1. The topological polar surface area (TPSA) is 74.8 Å². The normalized spacial score (nSPS) is 10.6. The molecule has 1 heterocycles. The van der Waals surface area contributed by atoms with Gasteiger partial charge in [0.25, 0.3) is 5.56 Å². The van der Waals surface area contributed by atoms with Crippen LogP contribution in [0, 0.1) is 0 Å². The van der Waals surface area contributed by atoms with Gasteiger partial charge < -0.3 is 10.3 Å². The fourth-order valence-corrected chi connectivity index (χ4v) is 3.36. The summed E-state index contributed by atoms with van der Waals surface area (Å²) < 4.78 is 0. The number of H-pyrrole nitrogens is 1. The Morgan fingerprint density at radius 3 is 2.92 bits per heavy atom. The zero-order chi connectivity index (χ0) is 17.5. The van der Waals surface area contributed by atoms with E-state index in [9.17, 15) is 9.59 Å². The number of rotatable bonds is 7. The molecular formula is C15H15Cl2N3O2S2. The van der Waals surface area contributed by atoms with Gasteiger partial charge in [-0.3, -0.25) is 9.59 Å². The van der Waals surface area contributed by atoms with Crippen molar-refractivity contribution in [1.82, 2.24) is 9.97 Å². The van der Waals surface area contributed by atoms with Crippen molar-refractivity contribution < 1.29 is 4.79 Å². The zero-order valence-electron chi connectivity index (χ0n) is 12.8. The van der Waals surface area contributed by atoms with E-state index in [0.717, 1.165) is 17.5 Å². The van der Waals surface area contributed by atoms with E-state index in [4.69, 9.17) is 23.2 Å². The monoisotopic (exact) mass is 403 g/mol. The van der Waals surface area contributed by atoms with Gasteiger partial charge in [0.05, 0.1) is 27.2 Å². The lowest BCUT2D eigenvalue weighted by Gasteiger charge is -2.08. The Bertz CT molecular complexity index is 784. The highest BCUT2D eigenvalue weighted by atomic mass is 35.5. The highest BCUT2D eigenvalue weighted by molar-refractivity contribution is 7.99. The first-order valence-electron chi connectivity index (χ1n) is 7.04. The van der Waals surface area contributed by atoms with Crippen molar-refractivity contribution in [3.8, 4) is 0 Å². The molecule has 0 aliphatic carbocycles. The number of thioether (sulfide) groups is 2. The molecule has 0 saturated carbocycles. The summed E-state index contributed by atoms with van der Waals surface area (Å²) in [7, 11) is 0. The summed E-state index contributed by atoms with van der Waals surface area (Å²) in [6.07, 6.45) is 0. The smallest absolute Gasteiger partial charge is 0.251 e. The molecule has 128 valence electrons. The molecule has 0 aliphatic rings. The first-order chi connectivity index (χ1) is 11.5. The van der Waals surface area contributed by atoms with Crippen LogP contribution in [0.1, 0.15) is 12.6 Å². The van der Waals surface area contributed by atoms with E-state index < -0.39 is 0 Å². The van der Waals surface area contributed by atoms with Gasteiger partial charge in [-0.2, -0.15) is 11.8 Å². The number of hydrogen-bond acceptors (Lipinski definition) is 5. The number of anilines is 1. The van der Waals surface area contributed by atoms with E-state index in [2.05, 4.69) is 15.3 Å². The Hall–Kier alpha value is -1.15. The highest BCUT2D eigenvalue weighted by Crippen LogP contribution is 2.29. The van der Waals surface area contributed by atoms with Crippen molar-refractivity contribution in [2.24, 2.45) is 0 Å². The summed E-state index contributed by atoms with van der Waals surface area (Å²) in [6.45, 7) is 2.04. The second-order valence-corrected chi connectivity index (χ2v) is 7.64. The number of carbonyl (C=O) groups is 1. The highest BCUT2D eigenvalue weighted by Gasteiger charge is 2.10. The molecule has 2 aromatic rings. The first kappa shape index (κ1) is 19.2. The molecule has 1 aromatic carbocycles. The van der Waals surface area contributed by atoms with Crippen molar-refractivity contribution >= 4 is 58.3 Å². The molecule has 0 radical (unpaired) electrons. The van der Waals surface area contributed by atoms with E-state index in [1.165, 1.54) is 6.07 Å². The van der Waals surface area contributed by atoms with Crippen molar-refractivity contribution in [1.29, 1.82) is 0 Å². The number of hydrogen-bond donors (Lipinski definition) is 2. The number of amides is 1. The van der Waals surface area contributed by atoms with E-state index in [1.54, 1.807) is 30.0 Å². The van der Waals surface area contributed by atoms with Gasteiger partial charge in [0.2, 0.25) is 5.91 Å². The molecule has 0 atom stereocenters. The number of halogens is 2. The van der Waals surface area contributed by atoms with Gasteiger partial charge in [0, 0.05) is 11.8 Å². The van der Waals surface area contributed by atoms with Crippen LogP contribution in [0.2, 0.25) is 10.0 Å². The van der Waals surface area contributed by atoms with Gasteiger partial charge >= 0.3 is 0 Å². The van der Waals surface area contributed by atoms with Gasteiger partial charge in [-0.25, -0.2) is 4.98 Å². The van der Waals surface area contributed by atoms with E-state index >= 15 is 0 Å². The van der Waals surface area contributed by atoms with Crippen molar-refractivity contribution in [2.45, 2.75) is 17.8 Å². The SMILES string of the molecule is CCSCc1cc(=O)[nH]c(SCC(=O)Nc2cccc(Cl)c2Cl)n1. The minimum atomic E-state index is -0.264. The summed E-state index contributed by atoms with van der Waals surface area (Å²) in [5.74, 6) is 1.44. The second kappa shape index (κ2) is 9.36. The first-order valence-corrected chi connectivity index (χ1v) is 9.94. The molecule has 0 unspecified atom stereocenters. The van der Waals surface area contributed by atoms with Crippen molar-refractivity contribution in [3.63, 3.8) is 0 Å². The predicted octanol–water partition coefficient (Wildman–Crippen LogP) is 4.06. The Kier molecular flexibility index (Phi) is 7.48. The van der Waals surface area contributed by atoms with E-state index in [-0.39, 0.29) is 17.2 Å². The average Bonchev–Trinajstić information content (AvgIpc) is 2.55. The summed E-state index contributed by atoms with van der Waals surface area (Å²) in [5, 5.41) is 3.77. The molecule has 1 amide bonds. The summed E-state index contributed by atoms with van der Waals surface area (Å²) in [4.78, 5) is 30.6. The van der Waals surface area contributed by atoms with Crippen LogP contribution in [0.4, 0.5) is 5.69 Å². The Labute approximate surface area is 157 Å². The Morgan fingerprint density at radius 1 is 1.38 bits per heavy atom. The molecule has 0 saturated heterocycles. The van der Waals surface area contributed by atoms with Gasteiger partial charge in [0.1, 0.15) is 0 Å².